The highest BCUT2D eigenvalue weighted by Gasteiger charge is 2.17. The second-order valence-electron chi connectivity index (χ2n) is 6.13. The van der Waals surface area contributed by atoms with E-state index in [4.69, 9.17) is 19.7 Å². The lowest BCUT2D eigenvalue weighted by molar-refractivity contribution is -0.0233. The van der Waals surface area contributed by atoms with Crippen molar-refractivity contribution in [3.05, 3.63) is 0 Å². The first-order valence-electron chi connectivity index (χ1n) is 9.18. The molecule has 0 bridgehead atoms. The number of aliphatic hydroxyl groups excluding tert-OH is 5. The van der Waals surface area contributed by atoms with Gasteiger partial charge in [0.25, 0.3) is 0 Å². The lowest BCUT2D eigenvalue weighted by Crippen LogP contribution is -2.37. The van der Waals surface area contributed by atoms with Crippen molar-refractivity contribution in [1.29, 1.82) is 0 Å². The highest BCUT2D eigenvalue weighted by molar-refractivity contribution is 4.70. The molecule has 0 aliphatic carbocycles. The third kappa shape index (κ3) is 14.5. The molecule has 2 unspecified atom stereocenters. The molecule has 0 saturated carbocycles. The Morgan fingerprint density at radius 3 is 2.00 bits per heavy atom. The Bertz CT molecular complexity index is 284. The summed E-state index contributed by atoms with van der Waals surface area (Å²) >= 11 is 0. The van der Waals surface area contributed by atoms with Crippen LogP contribution in [0.3, 0.4) is 0 Å². The van der Waals surface area contributed by atoms with Gasteiger partial charge in [0.05, 0.1) is 38.6 Å². The molecule has 0 aromatic heterocycles. The van der Waals surface area contributed by atoms with Crippen LogP contribution in [0.2, 0.25) is 0 Å². The molecule has 8 nitrogen and oxygen atoms in total. The Hall–Kier alpha value is -0.320. The average molecular weight is 367 g/mol. The zero-order chi connectivity index (χ0) is 18.9. The fourth-order valence-electron chi connectivity index (χ4n) is 2.25. The quantitative estimate of drug-likeness (QED) is 0.195. The number of rotatable bonds is 18. The van der Waals surface area contributed by atoms with Gasteiger partial charge < -0.3 is 39.9 Å². The van der Waals surface area contributed by atoms with Crippen molar-refractivity contribution in [2.45, 2.75) is 50.9 Å². The number of ether oxygens (including phenoxy) is 2. The topological polar surface area (TPSA) is 123 Å². The van der Waals surface area contributed by atoms with Gasteiger partial charge in [-0.1, -0.05) is 6.92 Å². The van der Waals surface area contributed by atoms with E-state index in [-0.39, 0.29) is 6.61 Å². The van der Waals surface area contributed by atoms with E-state index >= 15 is 0 Å². The molecule has 0 amide bonds. The molecule has 0 aliphatic heterocycles. The first kappa shape index (κ1) is 24.7. The summed E-state index contributed by atoms with van der Waals surface area (Å²) in [6.45, 7) is 5.57. The number of aliphatic hydroxyl groups is 5. The van der Waals surface area contributed by atoms with Gasteiger partial charge in [-0.25, -0.2) is 0 Å². The average Bonchev–Trinajstić information content (AvgIpc) is 2.61. The van der Waals surface area contributed by atoms with Crippen LogP contribution in [0.15, 0.2) is 0 Å². The van der Waals surface area contributed by atoms with Crippen LogP contribution in [0.5, 0.6) is 0 Å². The Kier molecular flexibility index (Phi) is 16.9. The largest absolute Gasteiger partial charge is 0.396 e. The van der Waals surface area contributed by atoms with E-state index in [1.165, 1.54) is 0 Å². The maximum Gasteiger partial charge on any atom is 0.103 e. The van der Waals surface area contributed by atoms with Crippen LogP contribution >= 0.6 is 0 Å². The van der Waals surface area contributed by atoms with Gasteiger partial charge in [-0.2, -0.15) is 0 Å². The van der Waals surface area contributed by atoms with E-state index in [1.807, 2.05) is 11.8 Å². The third-order valence-electron chi connectivity index (χ3n) is 3.89. The molecule has 5 N–H and O–H groups in total. The van der Waals surface area contributed by atoms with Crippen LogP contribution in [-0.2, 0) is 9.47 Å². The Morgan fingerprint density at radius 2 is 1.40 bits per heavy atom. The van der Waals surface area contributed by atoms with Gasteiger partial charge in [-0.15, -0.1) is 0 Å². The van der Waals surface area contributed by atoms with Gasteiger partial charge in [-0.05, 0) is 25.7 Å². The van der Waals surface area contributed by atoms with Crippen molar-refractivity contribution < 1.29 is 35.0 Å². The predicted molar refractivity (Wildman–Crippen MR) is 94.4 cm³/mol. The summed E-state index contributed by atoms with van der Waals surface area (Å²) in [6, 6.07) is 0. The zero-order valence-electron chi connectivity index (χ0n) is 15.4. The normalized spacial score (nSPS) is 15.5. The van der Waals surface area contributed by atoms with E-state index in [2.05, 4.69) is 0 Å². The molecular formula is C17H37NO7. The Labute approximate surface area is 151 Å². The third-order valence-corrected chi connectivity index (χ3v) is 3.89. The number of hydrogen-bond acceptors (Lipinski definition) is 8. The second-order valence-corrected chi connectivity index (χ2v) is 6.13. The molecule has 0 heterocycles. The smallest absolute Gasteiger partial charge is 0.103 e. The molecule has 25 heavy (non-hydrogen) atoms. The first-order valence-corrected chi connectivity index (χ1v) is 9.18. The first-order chi connectivity index (χ1) is 12.0. The van der Waals surface area contributed by atoms with Gasteiger partial charge in [0.1, 0.15) is 6.10 Å². The molecule has 0 spiro atoms. The molecule has 152 valence electrons. The van der Waals surface area contributed by atoms with Crippen LogP contribution in [0.1, 0.15) is 32.6 Å². The van der Waals surface area contributed by atoms with Gasteiger partial charge in [0, 0.05) is 32.8 Å². The highest BCUT2D eigenvalue weighted by Crippen LogP contribution is 2.05. The van der Waals surface area contributed by atoms with E-state index in [0.717, 1.165) is 13.0 Å². The molecule has 0 radical (unpaired) electrons. The summed E-state index contributed by atoms with van der Waals surface area (Å²) in [5.41, 5.74) is 0. The molecule has 0 aromatic rings. The second kappa shape index (κ2) is 17.1. The summed E-state index contributed by atoms with van der Waals surface area (Å²) in [5.74, 6) is 0. The van der Waals surface area contributed by atoms with E-state index in [0.29, 0.717) is 58.7 Å². The zero-order valence-corrected chi connectivity index (χ0v) is 15.4. The van der Waals surface area contributed by atoms with Crippen LogP contribution in [0, 0.1) is 0 Å². The molecule has 3 atom stereocenters. The highest BCUT2D eigenvalue weighted by atomic mass is 16.5. The summed E-state index contributed by atoms with van der Waals surface area (Å²) < 4.78 is 10.9. The summed E-state index contributed by atoms with van der Waals surface area (Å²) in [6.07, 6.45) is -0.552. The number of nitrogens with zero attached hydrogens (tertiary/aromatic N) is 1. The molecule has 0 fully saturated rings. The van der Waals surface area contributed by atoms with Gasteiger partial charge in [0.15, 0.2) is 0 Å². The minimum Gasteiger partial charge on any atom is -0.396 e. The van der Waals surface area contributed by atoms with E-state index < -0.39 is 24.9 Å². The Balaban J connectivity index is 4.10. The van der Waals surface area contributed by atoms with Gasteiger partial charge in [-0.3, -0.25) is 0 Å². The van der Waals surface area contributed by atoms with Gasteiger partial charge in [0.2, 0.25) is 0 Å². The molecule has 0 aromatic carbocycles. The van der Waals surface area contributed by atoms with Crippen LogP contribution in [-0.4, -0.2) is 108 Å². The fraction of sp³-hybridized carbons (Fsp3) is 1.00. The van der Waals surface area contributed by atoms with Crippen LogP contribution < -0.4 is 0 Å². The minimum absolute atomic E-state index is 0.0521. The lowest BCUT2D eigenvalue weighted by Gasteiger charge is -2.25. The van der Waals surface area contributed by atoms with Gasteiger partial charge >= 0.3 is 0 Å². The van der Waals surface area contributed by atoms with Crippen molar-refractivity contribution >= 4 is 0 Å². The van der Waals surface area contributed by atoms with Crippen molar-refractivity contribution in [3.63, 3.8) is 0 Å². The van der Waals surface area contributed by atoms with Crippen molar-refractivity contribution in [2.24, 2.45) is 0 Å². The summed E-state index contributed by atoms with van der Waals surface area (Å²) in [5, 5.41) is 46.6. The van der Waals surface area contributed by atoms with Crippen LogP contribution in [0.4, 0.5) is 0 Å². The molecule has 0 rings (SSSR count). The summed E-state index contributed by atoms with van der Waals surface area (Å²) in [7, 11) is 0. The predicted octanol–water partition coefficient (Wildman–Crippen LogP) is -1.03. The molecule has 0 aliphatic rings. The maximum absolute atomic E-state index is 9.75. The fourth-order valence-corrected chi connectivity index (χ4v) is 2.25. The SMILES string of the molecule is CCCOCCOCCN(CCC(O)CCO)CCC(O)[C@@H](O)CO. The molecule has 8 heteroatoms. The van der Waals surface area contributed by atoms with Crippen molar-refractivity contribution in [2.75, 3.05) is 59.3 Å². The van der Waals surface area contributed by atoms with Crippen molar-refractivity contribution in [3.8, 4) is 0 Å². The molecule has 0 saturated heterocycles. The van der Waals surface area contributed by atoms with Crippen molar-refractivity contribution in [1.82, 2.24) is 4.90 Å². The van der Waals surface area contributed by atoms with E-state index in [1.54, 1.807) is 0 Å². The Morgan fingerprint density at radius 1 is 0.760 bits per heavy atom. The number of hydrogen-bond donors (Lipinski definition) is 5. The standard InChI is InChI=1S/C17H37NO7/c1-2-10-24-12-13-25-11-8-18(6-3-15(21)5-9-19)7-4-16(22)17(23)14-20/h15-17,19-23H,2-14H2,1H3/t15?,16?,17-/m0/s1. The lowest BCUT2D eigenvalue weighted by atomic mass is 10.1. The van der Waals surface area contributed by atoms with E-state index in [9.17, 15) is 15.3 Å². The minimum atomic E-state index is -1.14. The molecular weight excluding hydrogens is 330 g/mol. The van der Waals surface area contributed by atoms with Crippen LogP contribution in [0.25, 0.3) is 0 Å². The maximum atomic E-state index is 9.75. The summed E-state index contributed by atoms with van der Waals surface area (Å²) in [4.78, 5) is 2.03. The monoisotopic (exact) mass is 367 g/mol.